The molecule has 1 fully saturated rings. The van der Waals surface area contributed by atoms with E-state index in [2.05, 4.69) is 38.9 Å². The minimum Gasteiger partial charge on any atom is -0.377 e. The smallest absolute Gasteiger partial charge is 0.0702 e. The second-order valence-corrected chi connectivity index (χ2v) is 5.68. The molecule has 18 heavy (non-hydrogen) atoms. The first-order chi connectivity index (χ1) is 8.70. The van der Waals surface area contributed by atoms with Gasteiger partial charge in [0, 0.05) is 42.6 Å². The molecule has 0 saturated carbocycles. The fourth-order valence-electron chi connectivity index (χ4n) is 2.42. The highest BCUT2D eigenvalue weighted by atomic mass is 79.9. The first-order valence-corrected chi connectivity index (χ1v) is 7.12. The molecule has 1 aliphatic heterocycles. The van der Waals surface area contributed by atoms with Crippen molar-refractivity contribution in [1.82, 2.24) is 9.88 Å². The Morgan fingerprint density at radius 3 is 3.06 bits per heavy atom. The molecule has 0 aliphatic carbocycles. The van der Waals surface area contributed by atoms with E-state index in [-0.39, 0.29) is 6.04 Å². The van der Waals surface area contributed by atoms with Crippen molar-refractivity contribution in [3.05, 3.63) is 28.5 Å². The predicted octanol–water partition coefficient (Wildman–Crippen LogP) is 1.95. The molecule has 1 aromatic heterocycles. The van der Waals surface area contributed by atoms with Crippen LogP contribution in [0.5, 0.6) is 0 Å². The van der Waals surface area contributed by atoms with Crippen molar-refractivity contribution in [3.8, 4) is 0 Å². The summed E-state index contributed by atoms with van der Waals surface area (Å²) in [4.78, 5) is 6.47. The molecular formula is C13H20BrN3O. The number of ether oxygens (including phenoxy) is 1. The number of pyridine rings is 1. The van der Waals surface area contributed by atoms with Crippen molar-refractivity contribution in [2.45, 2.75) is 25.0 Å². The molecule has 5 heteroatoms. The van der Waals surface area contributed by atoms with Crippen LogP contribution in [-0.4, -0.2) is 42.7 Å². The summed E-state index contributed by atoms with van der Waals surface area (Å²) in [5.41, 5.74) is 7.05. The van der Waals surface area contributed by atoms with Gasteiger partial charge in [0.2, 0.25) is 0 Å². The SMILES string of the molecule is CN(CC1CCCO1)C(CN)c1cncc(Br)c1. The van der Waals surface area contributed by atoms with Crippen molar-refractivity contribution in [1.29, 1.82) is 0 Å². The number of nitrogens with zero attached hydrogens (tertiary/aromatic N) is 2. The molecule has 0 bridgehead atoms. The number of hydrogen-bond acceptors (Lipinski definition) is 4. The van der Waals surface area contributed by atoms with Gasteiger partial charge in [-0.1, -0.05) is 0 Å². The summed E-state index contributed by atoms with van der Waals surface area (Å²) in [6.07, 6.45) is 6.35. The standard InChI is InChI=1S/C13H20BrN3O/c1-17(9-12-3-2-4-18-12)13(6-15)10-5-11(14)8-16-7-10/h5,7-8,12-13H,2-4,6,9,15H2,1H3. The van der Waals surface area contributed by atoms with Crippen LogP contribution in [0.4, 0.5) is 0 Å². The summed E-state index contributed by atoms with van der Waals surface area (Å²) >= 11 is 3.45. The van der Waals surface area contributed by atoms with Crippen molar-refractivity contribution >= 4 is 15.9 Å². The van der Waals surface area contributed by atoms with Crippen molar-refractivity contribution in [2.24, 2.45) is 5.73 Å². The molecule has 1 aliphatic rings. The van der Waals surface area contributed by atoms with Crippen LogP contribution >= 0.6 is 15.9 Å². The Hall–Kier alpha value is -0.490. The lowest BCUT2D eigenvalue weighted by Gasteiger charge is -2.29. The Labute approximate surface area is 117 Å². The fraction of sp³-hybridized carbons (Fsp3) is 0.615. The highest BCUT2D eigenvalue weighted by Gasteiger charge is 2.22. The molecule has 0 spiro atoms. The molecule has 2 heterocycles. The maximum Gasteiger partial charge on any atom is 0.0702 e. The molecule has 2 rings (SSSR count). The van der Waals surface area contributed by atoms with Gasteiger partial charge < -0.3 is 10.5 Å². The van der Waals surface area contributed by atoms with Gasteiger partial charge in [-0.15, -0.1) is 0 Å². The molecule has 0 amide bonds. The number of rotatable bonds is 5. The summed E-state index contributed by atoms with van der Waals surface area (Å²) in [6, 6.07) is 2.27. The van der Waals surface area contributed by atoms with Crippen LogP contribution in [0, 0.1) is 0 Å². The molecule has 0 aromatic carbocycles. The third kappa shape index (κ3) is 3.51. The molecule has 4 nitrogen and oxygen atoms in total. The fourth-order valence-corrected chi connectivity index (χ4v) is 2.80. The normalized spacial score (nSPS) is 21.4. The van der Waals surface area contributed by atoms with Gasteiger partial charge in [0.05, 0.1) is 6.10 Å². The molecule has 100 valence electrons. The highest BCUT2D eigenvalue weighted by molar-refractivity contribution is 9.10. The highest BCUT2D eigenvalue weighted by Crippen LogP contribution is 2.22. The largest absolute Gasteiger partial charge is 0.377 e. The Bertz CT molecular complexity index is 382. The Balaban J connectivity index is 2.02. The third-order valence-electron chi connectivity index (χ3n) is 3.38. The van der Waals surface area contributed by atoms with E-state index in [1.165, 1.54) is 6.42 Å². The number of halogens is 1. The van der Waals surface area contributed by atoms with E-state index in [1.807, 2.05) is 6.20 Å². The second-order valence-electron chi connectivity index (χ2n) is 4.76. The molecule has 2 atom stereocenters. The molecular weight excluding hydrogens is 294 g/mol. The first-order valence-electron chi connectivity index (χ1n) is 6.33. The second kappa shape index (κ2) is 6.61. The van der Waals surface area contributed by atoms with Crippen LogP contribution in [0.3, 0.4) is 0 Å². The first kappa shape index (κ1) is 13.9. The number of aromatic nitrogens is 1. The van der Waals surface area contributed by atoms with Crippen LogP contribution in [0.25, 0.3) is 0 Å². The Kier molecular flexibility index (Phi) is 5.12. The van der Waals surface area contributed by atoms with E-state index in [1.54, 1.807) is 6.20 Å². The van der Waals surface area contributed by atoms with E-state index < -0.39 is 0 Å². The minimum atomic E-state index is 0.194. The maximum atomic E-state index is 5.90. The lowest BCUT2D eigenvalue weighted by molar-refractivity contribution is 0.0689. The lowest BCUT2D eigenvalue weighted by atomic mass is 10.1. The Morgan fingerprint density at radius 2 is 2.44 bits per heavy atom. The average molecular weight is 314 g/mol. The van der Waals surface area contributed by atoms with Gasteiger partial charge in [-0.25, -0.2) is 0 Å². The summed E-state index contributed by atoms with van der Waals surface area (Å²) in [6.45, 7) is 2.40. The van der Waals surface area contributed by atoms with Gasteiger partial charge >= 0.3 is 0 Å². The molecule has 2 N–H and O–H groups in total. The third-order valence-corrected chi connectivity index (χ3v) is 3.82. The van der Waals surface area contributed by atoms with Crippen molar-refractivity contribution < 1.29 is 4.74 Å². The maximum absolute atomic E-state index is 5.90. The van der Waals surface area contributed by atoms with Crippen LogP contribution in [0.15, 0.2) is 22.9 Å². The number of nitrogens with two attached hydrogens (primary N) is 1. The summed E-state index contributed by atoms with van der Waals surface area (Å²) in [7, 11) is 2.10. The zero-order chi connectivity index (χ0) is 13.0. The topological polar surface area (TPSA) is 51.4 Å². The monoisotopic (exact) mass is 313 g/mol. The van der Waals surface area contributed by atoms with Gasteiger partial charge in [0.1, 0.15) is 0 Å². The quantitative estimate of drug-likeness (QED) is 0.903. The lowest BCUT2D eigenvalue weighted by Crippen LogP contribution is -2.36. The van der Waals surface area contributed by atoms with E-state index >= 15 is 0 Å². The summed E-state index contributed by atoms with van der Waals surface area (Å²) in [5.74, 6) is 0. The average Bonchev–Trinajstić information content (AvgIpc) is 2.83. The van der Waals surface area contributed by atoms with E-state index in [0.717, 1.165) is 29.6 Å². The van der Waals surface area contributed by atoms with Gasteiger partial charge in [-0.05, 0) is 47.4 Å². The Morgan fingerprint density at radius 1 is 1.61 bits per heavy atom. The van der Waals surface area contributed by atoms with Gasteiger partial charge in [-0.2, -0.15) is 0 Å². The van der Waals surface area contributed by atoms with E-state index in [4.69, 9.17) is 10.5 Å². The molecule has 1 saturated heterocycles. The van der Waals surface area contributed by atoms with Crippen LogP contribution < -0.4 is 5.73 Å². The zero-order valence-corrected chi connectivity index (χ0v) is 12.3. The summed E-state index contributed by atoms with van der Waals surface area (Å²) < 4.78 is 6.66. The minimum absolute atomic E-state index is 0.194. The predicted molar refractivity (Wildman–Crippen MR) is 75.3 cm³/mol. The van der Waals surface area contributed by atoms with Crippen LogP contribution in [0.2, 0.25) is 0 Å². The molecule has 2 unspecified atom stereocenters. The van der Waals surface area contributed by atoms with Crippen molar-refractivity contribution in [3.63, 3.8) is 0 Å². The molecule has 1 aromatic rings. The number of likely N-dealkylation sites (N-methyl/N-ethyl adjacent to an activating group) is 1. The van der Waals surface area contributed by atoms with Crippen LogP contribution in [-0.2, 0) is 4.74 Å². The van der Waals surface area contributed by atoms with Crippen molar-refractivity contribution in [2.75, 3.05) is 26.7 Å². The van der Waals surface area contributed by atoms with Crippen LogP contribution in [0.1, 0.15) is 24.4 Å². The van der Waals surface area contributed by atoms with Gasteiger partial charge in [0.15, 0.2) is 0 Å². The molecule has 0 radical (unpaired) electrons. The van der Waals surface area contributed by atoms with E-state index in [0.29, 0.717) is 12.6 Å². The number of hydrogen-bond donors (Lipinski definition) is 1. The zero-order valence-electron chi connectivity index (χ0n) is 10.7. The summed E-state index contributed by atoms with van der Waals surface area (Å²) in [5, 5.41) is 0. The van der Waals surface area contributed by atoms with Gasteiger partial charge in [0.25, 0.3) is 0 Å². The van der Waals surface area contributed by atoms with E-state index in [9.17, 15) is 0 Å². The van der Waals surface area contributed by atoms with Gasteiger partial charge in [-0.3, -0.25) is 9.88 Å².